The van der Waals surface area contributed by atoms with Gasteiger partial charge in [-0.05, 0) is 50.6 Å². The van der Waals surface area contributed by atoms with E-state index >= 15 is 0 Å². The van der Waals surface area contributed by atoms with Crippen LogP contribution in [-0.4, -0.2) is 17.4 Å². The Balaban J connectivity index is 2.03. The smallest absolute Gasteiger partial charge is 0.252 e. The number of carbonyl (C=O) groups excluding carboxylic acids is 2. The number of hydrogen-bond donors (Lipinski definition) is 2. The summed E-state index contributed by atoms with van der Waals surface area (Å²) in [4.78, 5) is 23.4. The van der Waals surface area contributed by atoms with Gasteiger partial charge in [0.05, 0.1) is 0 Å². The summed E-state index contributed by atoms with van der Waals surface area (Å²) in [6.07, 6.45) is -0.0975. The van der Waals surface area contributed by atoms with Crippen molar-refractivity contribution in [1.82, 2.24) is 5.32 Å². The molecule has 0 spiro atoms. The van der Waals surface area contributed by atoms with Crippen LogP contribution in [0.2, 0.25) is 0 Å². The SMILES string of the molecule is C[C@@H](Oc1ccc(C(=O)NC(C)(C)C(N)=O)cc1)c1ccccc1. The monoisotopic (exact) mass is 326 g/mol. The van der Waals surface area contributed by atoms with E-state index in [4.69, 9.17) is 10.5 Å². The van der Waals surface area contributed by atoms with Gasteiger partial charge in [0.2, 0.25) is 5.91 Å². The Morgan fingerprint density at radius 2 is 1.62 bits per heavy atom. The number of hydrogen-bond acceptors (Lipinski definition) is 3. The maximum absolute atomic E-state index is 12.2. The van der Waals surface area contributed by atoms with E-state index < -0.39 is 11.4 Å². The van der Waals surface area contributed by atoms with Gasteiger partial charge in [-0.1, -0.05) is 30.3 Å². The summed E-state index contributed by atoms with van der Waals surface area (Å²) in [6.45, 7) is 5.09. The normalized spacial score (nSPS) is 12.3. The zero-order valence-electron chi connectivity index (χ0n) is 14.1. The molecule has 0 unspecified atom stereocenters. The number of nitrogens with two attached hydrogens (primary N) is 1. The molecule has 2 rings (SSSR count). The fourth-order valence-electron chi connectivity index (χ4n) is 2.10. The Bertz CT molecular complexity index is 709. The fourth-order valence-corrected chi connectivity index (χ4v) is 2.10. The third-order valence-corrected chi connectivity index (χ3v) is 3.74. The zero-order chi connectivity index (χ0) is 17.7. The minimum Gasteiger partial charge on any atom is -0.486 e. The van der Waals surface area contributed by atoms with Gasteiger partial charge in [-0.2, -0.15) is 0 Å². The highest BCUT2D eigenvalue weighted by Crippen LogP contribution is 2.22. The summed E-state index contributed by atoms with van der Waals surface area (Å²) >= 11 is 0. The first kappa shape index (κ1) is 17.5. The molecule has 0 bridgehead atoms. The molecule has 24 heavy (non-hydrogen) atoms. The van der Waals surface area contributed by atoms with Crippen molar-refractivity contribution >= 4 is 11.8 Å². The molecule has 0 saturated heterocycles. The van der Waals surface area contributed by atoms with Crippen LogP contribution in [-0.2, 0) is 4.79 Å². The number of benzene rings is 2. The van der Waals surface area contributed by atoms with Crippen molar-refractivity contribution in [1.29, 1.82) is 0 Å². The van der Waals surface area contributed by atoms with Gasteiger partial charge in [0.15, 0.2) is 0 Å². The van der Waals surface area contributed by atoms with E-state index in [1.807, 2.05) is 37.3 Å². The average Bonchev–Trinajstić information content (AvgIpc) is 2.55. The van der Waals surface area contributed by atoms with Crippen LogP contribution in [0.1, 0.15) is 42.8 Å². The second-order valence-electron chi connectivity index (χ2n) is 6.14. The molecule has 0 saturated carbocycles. The molecule has 0 aliphatic heterocycles. The van der Waals surface area contributed by atoms with Crippen molar-refractivity contribution in [3.8, 4) is 5.75 Å². The number of ether oxygens (including phenoxy) is 1. The van der Waals surface area contributed by atoms with E-state index in [0.717, 1.165) is 5.56 Å². The van der Waals surface area contributed by atoms with Gasteiger partial charge in [-0.3, -0.25) is 9.59 Å². The second kappa shape index (κ2) is 7.17. The molecule has 5 heteroatoms. The number of carbonyl (C=O) groups is 2. The Morgan fingerprint density at radius 3 is 2.17 bits per heavy atom. The lowest BCUT2D eigenvalue weighted by Crippen LogP contribution is -2.52. The predicted octanol–water partition coefficient (Wildman–Crippen LogP) is 2.82. The molecular formula is C19H22N2O3. The van der Waals surface area contributed by atoms with E-state index in [1.165, 1.54) is 0 Å². The Kier molecular flexibility index (Phi) is 5.24. The minimum atomic E-state index is -1.10. The van der Waals surface area contributed by atoms with Crippen LogP contribution in [0.15, 0.2) is 54.6 Å². The molecule has 2 aromatic carbocycles. The molecule has 1 atom stereocenters. The van der Waals surface area contributed by atoms with Crippen LogP contribution >= 0.6 is 0 Å². The first-order valence-electron chi connectivity index (χ1n) is 7.73. The third-order valence-electron chi connectivity index (χ3n) is 3.74. The van der Waals surface area contributed by atoms with Gasteiger partial charge in [0.25, 0.3) is 5.91 Å². The van der Waals surface area contributed by atoms with Gasteiger partial charge >= 0.3 is 0 Å². The van der Waals surface area contributed by atoms with Gasteiger partial charge in [-0.25, -0.2) is 0 Å². The van der Waals surface area contributed by atoms with Gasteiger partial charge < -0.3 is 15.8 Å². The van der Waals surface area contributed by atoms with Crippen LogP contribution in [0.3, 0.4) is 0 Å². The highest BCUT2D eigenvalue weighted by Gasteiger charge is 2.27. The fraction of sp³-hybridized carbons (Fsp3) is 0.263. The summed E-state index contributed by atoms with van der Waals surface area (Å²) in [5.41, 5.74) is 5.66. The van der Waals surface area contributed by atoms with Crippen molar-refractivity contribution in [3.63, 3.8) is 0 Å². The van der Waals surface area contributed by atoms with Crippen LogP contribution in [0.5, 0.6) is 5.75 Å². The van der Waals surface area contributed by atoms with Crippen LogP contribution in [0.25, 0.3) is 0 Å². The molecule has 2 aromatic rings. The molecule has 0 heterocycles. The van der Waals surface area contributed by atoms with E-state index in [1.54, 1.807) is 38.1 Å². The van der Waals surface area contributed by atoms with E-state index in [-0.39, 0.29) is 12.0 Å². The van der Waals surface area contributed by atoms with E-state index in [2.05, 4.69) is 5.32 Å². The number of nitrogens with one attached hydrogen (secondary N) is 1. The summed E-state index contributed by atoms with van der Waals surface area (Å²) in [6, 6.07) is 16.6. The average molecular weight is 326 g/mol. The van der Waals surface area contributed by atoms with Crippen LogP contribution < -0.4 is 15.8 Å². The number of amides is 2. The second-order valence-corrected chi connectivity index (χ2v) is 6.14. The third kappa shape index (κ3) is 4.35. The number of rotatable bonds is 6. The Labute approximate surface area is 141 Å². The molecule has 5 nitrogen and oxygen atoms in total. The van der Waals surface area contributed by atoms with Gasteiger partial charge in [0.1, 0.15) is 17.4 Å². The first-order chi connectivity index (χ1) is 11.3. The van der Waals surface area contributed by atoms with Crippen molar-refractivity contribution in [2.24, 2.45) is 5.73 Å². The molecule has 0 fully saturated rings. The lowest BCUT2D eigenvalue weighted by Gasteiger charge is -2.22. The topological polar surface area (TPSA) is 81.4 Å². The maximum Gasteiger partial charge on any atom is 0.252 e. The van der Waals surface area contributed by atoms with Gasteiger partial charge in [0, 0.05) is 5.56 Å². The quantitative estimate of drug-likeness (QED) is 0.856. The molecular weight excluding hydrogens is 304 g/mol. The Hall–Kier alpha value is -2.82. The first-order valence-corrected chi connectivity index (χ1v) is 7.73. The highest BCUT2D eigenvalue weighted by molar-refractivity contribution is 5.98. The van der Waals surface area contributed by atoms with E-state index in [0.29, 0.717) is 11.3 Å². The lowest BCUT2D eigenvalue weighted by atomic mass is 10.0. The Morgan fingerprint density at radius 1 is 1.04 bits per heavy atom. The van der Waals surface area contributed by atoms with Gasteiger partial charge in [-0.15, -0.1) is 0 Å². The maximum atomic E-state index is 12.2. The van der Waals surface area contributed by atoms with E-state index in [9.17, 15) is 9.59 Å². The van der Waals surface area contributed by atoms with Crippen molar-refractivity contribution < 1.29 is 14.3 Å². The van der Waals surface area contributed by atoms with Crippen molar-refractivity contribution in [2.75, 3.05) is 0 Å². The standard InChI is InChI=1S/C19H22N2O3/c1-13(14-7-5-4-6-8-14)24-16-11-9-15(10-12-16)17(22)21-19(2,3)18(20)23/h4-13H,1-3H3,(H2,20,23)(H,21,22)/t13-/m1/s1. The van der Waals surface area contributed by atoms with Crippen molar-refractivity contribution in [3.05, 3.63) is 65.7 Å². The van der Waals surface area contributed by atoms with Crippen LogP contribution in [0.4, 0.5) is 0 Å². The summed E-state index contributed by atoms with van der Waals surface area (Å²) in [5, 5.41) is 2.60. The van der Waals surface area contributed by atoms with Crippen LogP contribution in [0, 0.1) is 0 Å². The molecule has 0 aromatic heterocycles. The molecule has 2 amide bonds. The lowest BCUT2D eigenvalue weighted by molar-refractivity contribution is -0.122. The minimum absolute atomic E-state index is 0.0975. The molecule has 0 radical (unpaired) electrons. The highest BCUT2D eigenvalue weighted by atomic mass is 16.5. The largest absolute Gasteiger partial charge is 0.486 e. The summed E-state index contributed by atoms with van der Waals surface area (Å²) in [7, 11) is 0. The molecule has 0 aliphatic carbocycles. The molecule has 0 aliphatic rings. The summed E-state index contributed by atoms with van der Waals surface area (Å²) < 4.78 is 5.87. The molecule has 3 N–H and O–H groups in total. The molecule has 126 valence electrons. The summed E-state index contributed by atoms with van der Waals surface area (Å²) in [5.74, 6) is -0.286. The van der Waals surface area contributed by atoms with Crippen molar-refractivity contribution in [2.45, 2.75) is 32.4 Å². The number of primary amides is 1. The predicted molar refractivity (Wildman–Crippen MR) is 92.7 cm³/mol. The zero-order valence-corrected chi connectivity index (χ0v) is 14.1.